The maximum atomic E-state index is 13.5. The molecule has 2 aromatic carbocycles. The molecule has 0 radical (unpaired) electrons. The van der Waals surface area contributed by atoms with Crippen LogP contribution in [0.25, 0.3) is 10.9 Å². The van der Waals surface area contributed by atoms with E-state index in [1.807, 2.05) is 6.07 Å². The van der Waals surface area contributed by atoms with Crippen LogP contribution in [-0.4, -0.2) is 46.6 Å². The molecule has 0 aliphatic carbocycles. The minimum Gasteiger partial charge on any atom is -0.372 e. The number of hydrogen-bond acceptors (Lipinski definition) is 4. The van der Waals surface area contributed by atoms with E-state index in [1.54, 1.807) is 36.0 Å². The molecule has 10 heteroatoms. The fourth-order valence-electron chi connectivity index (χ4n) is 3.93. The highest BCUT2D eigenvalue weighted by molar-refractivity contribution is 6.30. The van der Waals surface area contributed by atoms with Gasteiger partial charge in [0, 0.05) is 54.4 Å². The monoisotopic (exact) mass is 472 g/mol. The largest absolute Gasteiger partial charge is 0.372 e. The van der Waals surface area contributed by atoms with E-state index in [0.29, 0.717) is 11.3 Å². The first-order chi connectivity index (χ1) is 15.7. The number of likely N-dealkylation sites (N-methyl/N-ethyl adjacent to an activating group) is 1. The Morgan fingerprint density at radius 1 is 1.21 bits per heavy atom. The minimum atomic E-state index is -2.22. The minimum absolute atomic E-state index is 0.0860. The van der Waals surface area contributed by atoms with Crippen LogP contribution in [-0.2, 0) is 27.5 Å². The lowest BCUT2D eigenvalue weighted by molar-refractivity contribution is -0.149. The fraction of sp³-hybridized carbons (Fsp3) is 0.261. The second kappa shape index (κ2) is 8.84. The number of nitrogens with one attached hydrogen (secondary N) is 2. The summed E-state index contributed by atoms with van der Waals surface area (Å²) in [5, 5.41) is 16.9. The van der Waals surface area contributed by atoms with Crippen molar-refractivity contribution in [1.82, 2.24) is 15.2 Å². The van der Waals surface area contributed by atoms with Gasteiger partial charge in [-0.25, -0.2) is 4.39 Å². The lowest BCUT2D eigenvalue weighted by atomic mass is 10.0. The van der Waals surface area contributed by atoms with Gasteiger partial charge in [0.15, 0.2) is 0 Å². The molecule has 4 rings (SSSR count). The van der Waals surface area contributed by atoms with Crippen molar-refractivity contribution in [3.8, 4) is 0 Å². The zero-order valence-corrected chi connectivity index (χ0v) is 18.5. The Morgan fingerprint density at radius 3 is 2.73 bits per heavy atom. The number of aromatic nitrogens is 1. The molecule has 3 aromatic rings. The van der Waals surface area contributed by atoms with Crippen molar-refractivity contribution >= 4 is 45.9 Å². The highest BCUT2D eigenvalue weighted by atomic mass is 35.5. The molecule has 2 heterocycles. The molecule has 1 aromatic heterocycles. The molecule has 3 amide bonds. The number of carbonyl (C=O) groups excluding carboxylic acids is 3. The van der Waals surface area contributed by atoms with Gasteiger partial charge in [0.05, 0.1) is 0 Å². The number of anilines is 1. The summed E-state index contributed by atoms with van der Waals surface area (Å²) in [4.78, 5) is 38.7. The maximum Gasteiger partial charge on any atom is 0.268 e. The molecule has 8 nitrogen and oxygen atoms in total. The van der Waals surface area contributed by atoms with Gasteiger partial charge in [-0.2, -0.15) is 0 Å². The van der Waals surface area contributed by atoms with Gasteiger partial charge in [0.1, 0.15) is 12.4 Å². The van der Waals surface area contributed by atoms with Gasteiger partial charge in [0.2, 0.25) is 11.5 Å². The highest BCUT2D eigenvalue weighted by Gasteiger charge is 2.51. The van der Waals surface area contributed by atoms with Crippen molar-refractivity contribution in [3.05, 3.63) is 65.1 Å². The van der Waals surface area contributed by atoms with Gasteiger partial charge < -0.3 is 25.2 Å². The summed E-state index contributed by atoms with van der Waals surface area (Å²) in [6.45, 7) is 0.230. The average molecular weight is 473 g/mol. The quantitative estimate of drug-likeness (QED) is 0.477. The lowest BCUT2D eigenvalue weighted by Crippen LogP contribution is -2.52. The fourth-order valence-corrected chi connectivity index (χ4v) is 4.18. The van der Waals surface area contributed by atoms with Gasteiger partial charge in [-0.3, -0.25) is 14.4 Å². The third kappa shape index (κ3) is 4.42. The molecule has 172 valence electrons. The molecular weight excluding hydrogens is 451 g/mol. The van der Waals surface area contributed by atoms with Gasteiger partial charge in [0.25, 0.3) is 11.8 Å². The number of hydrogen-bond donors (Lipinski definition) is 3. The molecular formula is C23H22ClFN4O4. The zero-order chi connectivity index (χ0) is 23.8. The number of halogens is 2. The Morgan fingerprint density at radius 2 is 2.00 bits per heavy atom. The molecule has 1 atom stereocenters. The maximum absolute atomic E-state index is 13.5. The number of nitrogens with zero attached hydrogens (tertiary/aromatic N) is 2. The Balaban J connectivity index is 1.48. The van der Waals surface area contributed by atoms with Gasteiger partial charge in [-0.05, 0) is 48.0 Å². The predicted octanol–water partition coefficient (Wildman–Crippen LogP) is 1.96. The molecule has 3 N–H and O–H groups in total. The Hall–Kier alpha value is -3.43. The van der Waals surface area contributed by atoms with Crippen LogP contribution in [0.3, 0.4) is 0 Å². The number of amides is 3. The van der Waals surface area contributed by atoms with E-state index in [0.717, 1.165) is 17.0 Å². The summed E-state index contributed by atoms with van der Waals surface area (Å²) < 4.78 is 15.3. The Labute approximate surface area is 193 Å². The summed E-state index contributed by atoms with van der Waals surface area (Å²) in [6, 6.07) is 10.9. The summed E-state index contributed by atoms with van der Waals surface area (Å²) in [5.74, 6) is -2.27. The molecule has 0 spiro atoms. The first-order valence-corrected chi connectivity index (χ1v) is 10.7. The first kappa shape index (κ1) is 22.8. The number of benzene rings is 2. The molecule has 1 aliphatic rings. The molecule has 33 heavy (non-hydrogen) atoms. The van der Waals surface area contributed by atoms with Gasteiger partial charge in [-0.1, -0.05) is 11.6 Å². The number of fused-ring (bicyclic) bond motifs is 1. The summed E-state index contributed by atoms with van der Waals surface area (Å²) in [5.41, 5.74) is -0.468. The van der Waals surface area contributed by atoms with Crippen LogP contribution < -0.4 is 15.5 Å². The second-order valence-electron chi connectivity index (χ2n) is 7.89. The van der Waals surface area contributed by atoms with E-state index in [4.69, 9.17) is 11.6 Å². The van der Waals surface area contributed by atoms with Gasteiger partial charge in [-0.15, -0.1) is 0 Å². The first-order valence-electron chi connectivity index (χ1n) is 10.3. The smallest absolute Gasteiger partial charge is 0.268 e. The summed E-state index contributed by atoms with van der Waals surface area (Å²) >= 11 is 5.82. The van der Waals surface area contributed by atoms with E-state index in [1.165, 1.54) is 17.0 Å². The standard InChI is InChI=1S/C23H22ClFN4O4/c1-26-20(30)13-28-6-4-15-10-18(2-3-19(15)28)29-7-5-23(33,22(29)32)21(31)27-12-14-8-16(24)11-17(25)9-14/h2-4,6,8-11,33H,5,7,12-13H2,1H3,(H,26,30)(H,27,31)/t23-/m1/s1. The SMILES string of the molecule is CNC(=O)Cn1ccc2cc(N3CC[C@@](O)(C(=O)NCc4cc(F)cc(Cl)c4)C3=O)ccc21. The van der Waals surface area contributed by atoms with Crippen molar-refractivity contribution in [2.45, 2.75) is 25.1 Å². The second-order valence-corrected chi connectivity index (χ2v) is 8.32. The van der Waals surface area contributed by atoms with Crippen LogP contribution >= 0.6 is 11.6 Å². The molecule has 0 unspecified atom stereocenters. The van der Waals surface area contributed by atoms with E-state index in [9.17, 15) is 23.9 Å². The third-order valence-electron chi connectivity index (χ3n) is 5.71. The van der Waals surface area contributed by atoms with E-state index in [2.05, 4.69) is 10.6 Å². The molecule has 1 fully saturated rings. The number of carbonyl (C=O) groups is 3. The van der Waals surface area contributed by atoms with Crippen molar-refractivity contribution in [1.29, 1.82) is 0 Å². The van der Waals surface area contributed by atoms with E-state index >= 15 is 0 Å². The zero-order valence-electron chi connectivity index (χ0n) is 17.8. The third-order valence-corrected chi connectivity index (χ3v) is 5.92. The summed E-state index contributed by atoms with van der Waals surface area (Å²) in [7, 11) is 1.57. The highest BCUT2D eigenvalue weighted by Crippen LogP contribution is 2.31. The van der Waals surface area contributed by atoms with Crippen LogP contribution in [0, 0.1) is 5.82 Å². The summed E-state index contributed by atoms with van der Waals surface area (Å²) in [6.07, 6.45) is 1.69. The molecule has 0 bridgehead atoms. The van der Waals surface area contributed by atoms with Crippen LogP contribution in [0.4, 0.5) is 10.1 Å². The predicted molar refractivity (Wildman–Crippen MR) is 121 cm³/mol. The van der Waals surface area contributed by atoms with Crippen LogP contribution in [0.5, 0.6) is 0 Å². The average Bonchev–Trinajstić information content (AvgIpc) is 3.32. The van der Waals surface area contributed by atoms with E-state index in [-0.39, 0.29) is 37.0 Å². The van der Waals surface area contributed by atoms with Crippen LogP contribution in [0.15, 0.2) is 48.7 Å². The van der Waals surface area contributed by atoms with Crippen molar-refractivity contribution < 1.29 is 23.9 Å². The van der Waals surface area contributed by atoms with Crippen LogP contribution in [0.2, 0.25) is 5.02 Å². The molecule has 1 saturated heterocycles. The number of aliphatic hydroxyl groups is 1. The normalized spacial score (nSPS) is 18.1. The Kier molecular flexibility index (Phi) is 6.09. The lowest BCUT2D eigenvalue weighted by Gasteiger charge is -2.22. The Bertz CT molecular complexity index is 1240. The van der Waals surface area contributed by atoms with Crippen molar-refractivity contribution in [2.24, 2.45) is 0 Å². The topological polar surface area (TPSA) is 104 Å². The van der Waals surface area contributed by atoms with Crippen molar-refractivity contribution in [2.75, 3.05) is 18.5 Å². The van der Waals surface area contributed by atoms with Crippen molar-refractivity contribution in [3.63, 3.8) is 0 Å². The van der Waals surface area contributed by atoms with Gasteiger partial charge >= 0.3 is 0 Å². The number of rotatable bonds is 6. The van der Waals surface area contributed by atoms with E-state index < -0.39 is 23.2 Å². The molecule has 1 aliphatic heterocycles. The van der Waals surface area contributed by atoms with Crippen LogP contribution in [0.1, 0.15) is 12.0 Å². The molecule has 0 saturated carbocycles.